The molecule has 5 aromatic rings. The molecule has 0 atom stereocenters. The van der Waals surface area contributed by atoms with Gasteiger partial charge in [0.25, 0.3) is 0 Å². The quantitative estimate of drug-likeness (QED) is 0.148. The lowest BCUT2D eigenvalue weighted by molar-refractivity contribution is -0.300. The van der Waals surface area contributed by atoms with Gasteiger partial charge in [-0.2, -0.15) is 0 Å². The number of allylic oxidation sites excluding steroid dienone is 6. The fraction of sp³-hybridized carbons (Fsp3) is 0.0244. The number of carbonyl (C=O) groups excluding carboxylic acids is 1. The van der Waals surface area contributed by atoms with Crippen LogP contribution in [0.2, 0.25) is 0 Å². The number of carbonyl (C=O) groups is 1. The zero-order valence-electron chi connectivity index (χ0n) is 24.6. The Morgan fingerprint density at radius 3 is 1.49 bits per heavy atom. The summed E-state index contributed by atoms with van der Waals surface area (Å²) in [4.78, 5) is 13.6. The third-order valence-corrected chi connectivity index (χ3v) is 7.90. The second-order valence-corrected chi connectivity index (χ2v) is 10.9. The van der Waals surface area contributed by atoms with E-state index in [-0.39, 0.29) is 22.7 Å². The second-order valence-electron chi connectivity index (χ2n) is 10.9. The largest absolute Gasteiger partial charge is 0.871 e. The fourth-order valence-corrected chi connectivity index (χ4v) is 5.50. The molecular weight excluding hydrogens is 556 g/mol. The summed E-state index contributed by atoms with van der Waals surface area (Å²) in [5, 5.41) is 13.6. The van der Waals surface area contributed by atoms with Gasteiger partial charge in [0.05, 0.1) is 23.3 Å². The molecule has 4 heteroatoms. The Kier molecular flexibility index (Phi) is 7.38. The van der Waals surface area contributed by atoms with Gasteiger partial charge in [-0.1, -0.05) is 103 Å². The molecule has 4 aromatic carbocycles. The molecule has 2 heterocycles. The van der Waals surface area contributed by atoms with E-state index in [4.69, 9.17) is 9.15 Å². The van der Waals surface area contributed by atoms with Crippen LogP contribution >= 0.6 is 0 Å². The summed E-state index contributed by atoms with van der Waals surface area (Å²) < 4.78 is 12.6. The minimum absolute atomic E-state index is 0.153. The maximum Gasteiger partial charge on any atom is 0.361 e. The molecule has 0 fully saturated rings. The summed E-state index contributed by atoms with van der Waals surface area (Å²) in [5.74, 6) is 2.04. The molecule has 0 saturated carbocycles. The molecule has 0 bridgehead atoms. The summed E-state index contributed by atoms with van der Waals surface area (Å²) in [7, 11) is 0. The highest BCUT2D eigenvalue weighted by Gasteiger charge is 2.30. The van der Waals surface area contributed by atoms with Crippen LogP contribution in [0.15, 0.2) is 178 Å². The van der Waals surface area contributed by atoms with Crippen LogP contribution in [-0.4, -0.2) is 5.78 Å². The van der Waals surface area contributed by atoms with E-state index in [1.807, 2.05) is 153 Å². The van der Waals surface area contributed by atoms with E-state index in [1.165, 1.54) is 0 Å². The number of benzene rings is 4. The van der Waals surface area contributed by atoms with E-state index in [0.29, 0.717) is 34.2 Å². The van der Waals surface area contributed by atoms with Crippen molar-refractivity contribution in [3.63, 3.8) is 0 Å². The van der Waals surface area contributed by atoms with Gasteiger partial charge in [0.2, 0.25) is 0 Å². The standard InChI is InChI=1S/C41H28O4/c1-27(33-25-37(31-18-10-4-11-19-31)45-38(26-33)32-20-12-5-13-21-32)39-40(42)34(41(39)43)22-28-23-35(29-14-6-2-7-15-29)44-36(24-28)30-16-8-3-9-17-30/h2-26H,1H3. The number of ether oxygens (including phenoxy) is 1. The van der Waals surface area contributed by atoms with Crippen LogP contribution in [0.1, 0.15) is 23.6 Å². The van der Waals surface area contributed by atoms with Gasteiger partial charge in [-0.25, -0.2) is 4.42 Å². The first-order valence-corrected chi connectivity index (χ1v) is 14.8. The van der Waals surface area contributed by atoms with Crippen LogP contribution < -0.4 is 5.11 Å². The van der Waals surface area contributed by atoms with Crippen LogP contribution in [0.25, 0.3) is 40.2 Å². The van der Waals surface area contributed by atoms with E-state index in [9.17, 15) is 9.90 Å². The van der Waals surface area contributed by atoms with Crippen molar-refractivity contribution in [2.24, 2.45) is 0 Å². The average molecular weight is 585 g/mol. The molecule has 216 valence electrons. The lowest BCUT2D eigenvalue weighted by Crippen LogP contribution is -2.30. The lowest BCUT2D eigenvalue weighted by atomic mass is 9.80. The first kappa shape index (κ1) is 27.8. The highest BCUT2D eigenvalue weighted by Crippen LogP contribution is 2.39. The molecule has 45 heavy (non-hydrogen) atoms. The van der Waals surface area contributed by atoms with Crippen molar-refractivity contribution in [3.05, 3.63) is 190 Å². The molecule has 0 N–H and O–H groups in total. The van der Waals surface area contributed by atoms with Crippen LogP contribution in [0.3, 0.4) is 0 Å². The minimum atomic E-state index is -0.274. The van der Waals surface area contributed by atoms with Gasteiger partial charge >= 0.3 is 11.5 Å². The van der Waals surface area contributed by atoms with Gasteiger partial charge in [-0.3, -0.25) is 4.79 Å². The summed E-state index contributed by atoms with van der Waals surface area (Å²) in [5.41, 5.74) is 6.03. The summed E-state index contributed by atoms with van der Waals surface area (Å²) >= 11 is 0. The van der Waals surface area contributed by atoms with Gasteiger partial charge < -0.3 is 9.84 Å². The number of Topliss-reactive ketones (excluding diaryl/α,β-unsaturated/α-hetero) is 1. The molecule has 1 aliphatic heterocycles. The number of hydrogen-bond acceptors (Lipinski definition) is 3. The molecule has 0 radical (unpaired) electrons. The van der Waals surface area contributed by atoms with E-state index in [1.54, 1.807) is 6.08 Å². The Morgan fingerprint density at radius 2 is 1.07 bits per heavy atom. The highest BCUT2D eigenvalue weighted by molar-refractivity contribution is 6.24. The Labute approximate surface area is 261 Å². The first-order valence-electron chi connectivity index (χ1n) is 14.8. The Balaban J connectivity index is 1.31. The van der Waals surface area contributed by atoms with Crippen molar-refractivity contribution >= 4 is 23.4 Å². The van der Waals surface area contributed by atoms with E-state index in [0.717, 1.165) is 27.8 Å². The molecular formula is C41H28O4. The van der Waals surface area contributed by atoms with Gasteiger partial charge in [-0.05, 0) is 66.1 Å². The summed E-state index contributed by atoms with van der Waals surface area (Å²) in [6.07, 6.45) is 5.45. The van der Waals surface area contributed by atoms with Gasteiger partial charge in [0.1, 0.15) is 11.5 Å². The average Bonchev–Trinajstić information content (AvgIpc) is 3.12. The van der Waals surface area contributed by atoms with Crippen LogP contribution in [0, 0.1) is 0 Å². The number of ketones is 1. The first-order chi connectivity index (χ1) is 22.0. The second kappa shape index (κ2) is 11.9. The molecule has 1 aliphatic carbocycles. The molecule has 0 saturated heterocycles. The van der Waals surface area contributed by atoms with Gasteiger partial charge in [-0.15, -0.1) is 0 Å². The number of hydrogen-bond donors (Lipinski definition) is 0. The minimum Gasteiger partial charge on any atom is -0.871 e. The van der Waals surface area contributed by atoms with Crippen molar-refractivity contribution in [3.8, 4) is 22.6 Å². The Bertz CT molecular complexity index is 1950. The summed E-state index contributed by atoms with van der Waals surface area (Å²) in [6, 6.07) is 42.8. The van der Waals surface area contributed by atoms with Crippen molar-refractivity contribution in [2.75, 3.05) is 0 Å². The van der Waals surface area contributed by atoms with E-state index < -0.39 is 0 Å². The molecule has 0 unspecified atom stereocenters. The van der Waals surface area contributed by atoms with Crippen LogP contribution in [0.4, 0.5) is 0 Å². The third-order valence-electron chi connectivity index (χ3n) is 7.90. The Morgan fingerprint density at radius 1 is 0.644 bits per heavy atom. The normalized spacial score (nSPS) is 15.3. The molecule has 4 nitrogen and oxygen atoms in total. The molecule has 0 amide bonds. The third kappa shape index (κ3) is 5.57. The predicted octanol–water partition coefficient (Wildman–Crippen LogP) is 8.90. The van der Waals surface area contributed by atoms with Crippen molar-refractivity contribution in [2.45, 2.75) is 6.92 Å². The molecule has 7 rings (SSSR count). The predicted molar refractivity (Wildman–Crippen MR) is 177 cm³/mol. The van der Waals surface area contributed by atoms with Crippen molar-refractivity contribution in [1.29, 1.82) is 0 Å². The maximum atomic E-state index is 13.6. The molecule has 1 aromatic heterocycles. The van der Waals surface area contributed by atoms with Gasteiger partial charge in [0, 0.05) is 22.3 Å². The highest BCUT2D eigenvalue weighted by atomic mass is 16.5. The van der Waals surface area contributed by atoms with Crippen LogP contribution in [0.5, 0.6) is 0 Å². The van der Waals surface area contributed by atoms with E-state index >= 15 is 0 Å². The molecule has 0 spiro atoms. The summed E-state index contributed by atoms with van der Waals surface area (Å²) in [6.45, 7) is 1.82. The Hall–Kier alpha value is -6.00. The monoisotopic (exact) mass is 584 g/mol. The van der Waals surface area contributed by atoms with Crippen LogP contribution in [-0.2, 0) is 9.53 Å². The topological polar surface area (TPSA) is 60.7 Å². The van der Waals surface area contributed by atoms with Crippen molar-refractivity contribution in [1.82, 2.24) is 0 Å². The molecule has 2 aliphatic rings. The maximum absolute atomic E-state index is 13.6. The zero-order chi connectivity index (χ0) is 30.8. The number of rotatable bonds is 6. The van der Waals surface area contributed by atoms with Crippen molar-refractivity contribution < 1.29 is 19.1 Å². The zero-order valence-corrected chi connectivity index (χ0v) is 24.6. The smallest absolute Gasteiger partial charge is 0.361 e. The van der Waals surface area contributed by atoms with E-state index in [2.05, 4.69) is 0 Å². The SMILES string of the molecule is CC(=C1C=C(c2ccccc2)OC(c2ccccc2)=C1)C1=C([O-])C(=Cc2cc(-c3ccccc3)[o+]c(-c3ccccc3)c2)C1=O. The lowest BCUT2D eigenvalue weighted by Gasteiger charge is -2.32. The fourth-order valence-electron chi connectivity index (χ4n) is 5.50. The van der Waals surface area contributed by atoms with Gasteiger partial charge in [0.15, 0.2) is 5.78 Å².